The molecule has 10 aromatic rings. The maximum Gasteiger partial charge on any atom is 0.0462 e. The third kappa shape index (κ3) is 5.42. The summed E-state index contributed by atoms with van der Waals surface area (Å²) in [5.41, 5.74) is 10.7. The summed E-state index contributed by atoms with van der Waals surface area (Å²) in [5, 5.41) is 7.67. The fourth-order valence-electron chi connectivity index (χ4n) is 7.56. The molecule has 0 amide bonds. The molecule has 0 aliphatic carbocycles. The second-order valence-corrected chi connectivity index (χ2v) is 14.4. The average molecular weight is 680 g/mol. The van der Waals surface area contributed by atoms with Gasteiger partial charge in [-0.25, -0.2) is 0 Å². The number of fused-ring (bicyclic) bond motifs is 5. The number of hydrogen-bond donors (Lipinski definition) is 0. The standard InChI is InChI=1S/C50H33NS/c1-3-10-39-32-41(18-16-34(39)8-1)36-20-26-43(27-21-36)51(44-28-22-37(23-29-44)42-19-17-35-9-2-4-11-40(35)33-42)45-30-24-38(25-31-45)46-13-7-14-48-47-12-5-6-15-49(47)52-50(46)48/h1-33H. The molecule has 0 bridgehead atoms. The molecule has 0 fully saturated rings. The van der Waals surface area contributed by atoms with Crippen molar-refractivity contribution in [1.29, 1.82) is 0 Å². The van der Waals surface area contributed by atoms with E-state index in [-0.39, 0.29) is 0 Å². The lowest BCUT2D eigenvalue weighted by molar-refractivity contribution is 1.28. The highest BCUT2D eigenvalue weighted by Crippen LogP contribution is 2.42. The van der Waals surface area contributed by atoms with Crippen molar-refractivity contribution in [3.05, 3.63) is 200 Å². The monoisotopic (exact) mass is 679 g/mol. The van der Waals surface area contributed by atoms with Crippen molar-refractivity contribution < 1.29 is 0 Å². The molecule has 52 heavy (non-hydrogen) atoms. The molecule has 0 radical (unpaired) electrons. The highest BCUT2D eigenvalue weighted by atomic mass is 32.1. The van der Waals surface area contributed by atoms with E-state index in [0.29, 0.717) is 0 Å². The first-order valence-corrected chi connectivity index (χ1v) is 18.6. The number of anilines is 3. The van der Waals surface area contributed by atoms with E-state index in [1.807, 2.05) is 11.3 Å². The van der Waals surface area contributed by atoms with Gasteiger partial charge in [0.15, 0.2) is 0 Å². The molecule has 0 saturated heterocycles. The van der Waals surface area contributed by atoms with Crippen molar-refractivity contribution in [2.75, 3.05) is 4.90 Å². The van der Waals surface area contributed by atoms with Crippen LogP contribution >= 0.6 is 11.3 Å². The van der Waals surface area contributed by atoms with Crippen molar-refractivity contribution in [3.8, 4) is 33.4 Å². The van der Waals surface area contributed by atoms with Crippen molar-refractivity contribution in [2.45, 2.75) is 0 Å². The third-order valence-electron chi connectivity index (χ3n) is 10.3. The van der Waals surface area contributed by atoms with E-state index < -0.39 is 0 Å². The SMILES string of the molecule is c1ccc2cc(-c3ccc(N(c4ccc(-c5ccc6ccccc6c5)cc4)c4ccc(-c5cccc6c5sc5ccccc56)cc4)cc3)ccc2c1. The number of thiophene rings is 1. The summed E-state index contributed by atoms with van der Waals surface area (Å²) in [4.78, 5) is 2.36. The Labute approximate surface area is 307 Å². The number of benzene rings is 9. The predicted molar refractivity (Wildman–Crippen MR) is 225 cm³/mol. The molecule has 1 nitrogen and oxygen atoms in total. The summed E-state index contributed by atoms with van der Waals surface area (Å²) in [6.07, 6.45) is 0. The van der Waals surface area contributed by atoms with Crippen LogP contribution in [0.25, 0.3) is 75.1 Å². The molecule has 0 aliphatic rings. The van der Waals surface area contributed by atoms with Gasteiger partial charge in [0.05, 0.1) is 0 Å². The van der Waals surface area contributed by atoms with Crippen LogP contribution in [0, 0.1) is 0 Å². The van der Waals surface area contributed by atoms with Gasteiger partial charge in [-0.2, -0.15) is 0 Å². The smallest absolute Gasteiger partial charge is 0.0462 e. The lowest BCUT2D eigenvalue weighted by Gasteiger charge is -2.26. The fraction of sp³-hybridized carbons (Fsp3) is 0. The normalized spacial score (nSPS) is 11.5. The zero-order valence-electron chi connectivity index (χ0n) is 28.4. The summed E-state index contributed by atoms with van der Waals surface area (Å²) in [5.74, 6) is 0. The molecule has 0 saturated carbocycles. The minimum Gasteiger partial charge on any atom is -0.311 e. The van der Waals surface area contributed by atoms with Crippen LogP contribution in [-0.2, 0) is 0 Å². The first-order valence-electron chi connectivity index (χ1n) is 17.7. The average Bonchev–Trinajstić information content (AvgIpc) is 3.61. The zero-order chi connectivity index (χ0) is 34.4. The van der Waals surface area contributed by atoms with Crippen LogP contribution in [0.5, 0.6) is 0 Å². The summed E-state index contributed by atoms with van der Waals surface area (Å²) >= 11 is 1.88. The molecule has 244 valence electrons. The molecule has 10 rings (SSSR count). The van der Waals surface area contributed by atoms with Crippen molar-refractivity contribution in [2.24, 2.45) is 0 Å². The first kappa shape index (κ1) is 30.4. The molecule has 0 atom stereocenters. The molecular weight excluding hydrogens is 647 g/mol. The Morgan fingerprint density at radius 2 is 0.750 bits per heavy atom. The van der Waals surface area contributed by atoms with Crippen molar-refractivity contribution in [3.63, 3.8) is 0 Å². The van der Waals surface area contributed by atoms with Crippen LogP contribution < -0.4 is 4.90 Å². The zero-order valence-corrected chi connectivity index (χ0v) is 29.2. The lowest BCUT2D eigenvalue weighted by atomic mass is 9.99. The van der Waals surface area contributed by atoms with Crippen LogP contribution in [-0.4, -0.2) is 0 Å². The van der Waals surface area contributed by atoms with Gasteiger partial charge in [0.25, 0.3) is 0 Å². The molecule has 2 heteroatoms. The number of hydrogen-bond acceptors (Lipinski definition) is 2. The van der Waals surface area contributed by atoms with Gasteiger partial charge in [0.2, 0.25) is 0 Å². The highest BCUT2D eigenvalue weighted by Gasteiger charge is 2.15. The quantitative estimate of drug-likeness (QED) is 0.169. The second-order valence-electron chi connectivity index (χ2n) is 13.4. The molecule has 1 heterocycles. The minimum atomic E-state index is 1.11. The predicted octanol–water partition coefficient (Wildman–Crippen LogP) is 14.8. The Morgan fingerprint density at radius 1 is 0.308 bits per heavy atom. The maximum absolute atomic E-state index is 2.36. The minimum absolute atomic E-state index is 1.11. The van der Waals surface area contributed by atoms with Crippen LogP contribution in [0.2, 0.25) is 0 Å². The van der Waals surface area contributed by atoms with Crippen LogP contribution in [0.15, 0.2) is 200 Å². The van der Waals surface area contributed by atoms with Crippen molar-refractivity contribution in [1.82, 2.24) is 0 Å². The summed E-state index contributed by atoms with van der Waals surface area (Å²) < 4.78 is 2.66. The molecule has 9 aromatic carbocycles. The Bertz CT molecular complexity index is 2760. The number of nitrogens with zero attached hydrogens (tertiary/aromatic N) is 1. The fourth-order valence-corrected chi connectivity index (χ4v) is 8.79. The van der Waals surface area contributed by atoms with Gasteiger partial charge >= 0.3 is 0 Å². The maximum atomic E-state index is 2.36. The highest BCUT2D eigenvalue weighted by molar-refractivity contribution is 7.26. The van der Waals surface area contributed by atoms with Gasteiger partial charge in [-0.1, -0.05) is 146 Å². The van der Waals surface area contributed by atoms with E-state index in [0.717, 1.165) is 17.1 Å². The van der Waals surface area contributed by atoms with Gasteiger partial charge in [0.1, 0.15) is 0 Å². The van der Waals surface area contributed by atoms with Gasteiger partial charge in [-0.3, -0.25) is 0 Å². The van der Waals surface area contributed by atoms with Gasteiger partial charge in [-0.15, -0.1) is 11.3 Å². The first-order chi connectivity index (χ1) is 25.7. The molecule has 1 aromatic heterocycles. The van der Waals surface area contributed by atoms with Crippen LogP contribution in [0.4, 0.5) is 17.1 Å². The molecule has 0 unspecified atom stereocenters. The van der Waals surface area contributed by atoms with E-state index in [1.165, 1.54) is 75.1 Å². The molecule has 0 N–H and O–H groups in total. The van der Waals surface area contributed by atoms with Gasteiger partial charge < -0.3 is 4.90 Å². The van der Waals surface area contributed by atoms with E-state index in [2.05, 4.69) is 205 Å². The Morgan fingerprint density at radius 3 is 1.31 bits per heavy atom. The van der Waals surface area contributed by atoms with E-state index in [1.54, 1.807) is 0 Å². The molecule has 0 aliphatic heterocycles. The topological polar surface area (TPSA) is 3.24 Å². The van der Waals surface area contributed by atoms with Gasteiger partial charge in [0, 0.05) is 37.2 Å². The van der Waals surface area contributed by atoms with E-state index >= 15 is 0 Å². The third-order valence-corrected chi connectivity index (χ3v) is 11.5. The summed E-state index contributed by atoms with van der Waals surface area (Å²) in [7, 11) is 0. The van der Waals surface area contributed by atoms with E-state index in [4.69, 9.17) is 0 Å². The second kappa shape index (κ2) is 12.7. The lowest BCUT2D eigenvalue weighted by Crippen LogP contribution is -2.09. The van der Waals surface area contributed by atoms with Crippen LogP contribution in [0.3, 0.4) is 0 Å². The summed E-state index contributed by atoms with van der Waals surface area (Å²) in [6.45, 7) is 0. The largest absolute Gasteiger partial charge is 0.311 e. The van der Waals surface area contributed by atoms with Crippen LogP contribution in [0.1, 0.15) is 0 Å². The van der Waals surface area contributed by atoms with E-state index in [9.17, 15) is 0 Å². The Hall–Kier alpha value is -6.48. The Balaban J connectivity index is 1.04. The van der Waals surface area contributed by atoms with Crippen molar-refractivity contribution >= 4 is 70.1 Å². The molecular formula is C50H33NS. The number of rotatable bonds is 6. The van der Waals surface area contributed by atoms with Gasteiger partial charge in [-0.05, 0) is 110 Å². The Kier molecular flexibility index (Phi) is 7.41. The summed E-state index contributed by atoms with van der Waals surface area (Å²) in [6, 6.07) is 72.9. The molecule has 0 spiro atoms.